The number of aryl methyl sites for hydroxylation is 1. The van der Waals surface area contributed by atoms with Crippen LogP contribution in [0.4, 0.5) is 0 Å². The van der Waals surface area contributed by atoms with Gasteiger partial charge in [-0.2, -0.15) is 0 Å². The Morgan fingerprint density at radius 1 is 1.08 bits per heavy atom. The van der Waals surface area contributed by atoms with Crippen LogP contribution in [0.2, 0.25) is 0 Å². The number of fused-ring (bicyclic) bond motifs is 1. The van der Waals surface area contributed by atoms with E-state index in [1.165, 1.54) is 6.08 Å². The standard InChI is InChI=1S/C18H15NO5/c1-11-2-5-13(6-3-11)17(20)19-14(18(21)22)8-12-4-7-15-16(9-12)24-10-23-15/h2-9H,10H2,1H3,(H,19,20)(H,21,22)/p-1. The van der Waals surface area contributed by atoms with Gasteiger partial charge in [-0.25, -0.2) is 0 Å². The Bertz CT molecular complexity index is 824. The third-order valence-corrected chi connectivity index (χ3v) is 3.49. The fraction of sp³-hybridized carbons (Fsp3) is 0.111. The van der Waals surface area contributed by atoms with Crippen molar-refractivity contribution in [3.05, 3.63) is 64.9 Å². The average Bonchev–Trinajstić information content (AvgIpc) is 3.02. The summed E-state index contributed by atoms with van der Waals surface area (Å²) in [6, 6.07) is 11.8. The number of carbonyl (C=O) groups is 2. The van der Waals surface area contributed by atoms with Crippen molar-refractivity contribution in [1.29, 1.82) is 0 Å². The third-order valence-electron chi connectivity index (χ3n) is 3.49. The van der Waals surface area contributed by atoms with Gasteiger partial charge in [0.25, 0.3) is 5.91 Å². The number of amides is 1. The van der Waals surface area contributed by atoms with Crippen LogP contribution in [0.25, 0.3) is 6.08 Å². The largest absolute Gasteiger partial charge is 0.543 e. The molecule has 0 unspecified atom stereocenters. The first-order chi connectivity index (χ1) is 11.5. The molecule has 1 aliphatic heterocycles. The molecule has 0 aliphatic carbocycles. The normalized spacial score (nSPS) is 12.8. The topological polar surface area (TPSA) is 87.7 Å². The molecule has 1 heterocycles. The number of ether oxygens (including phenoxy) is 2. The SMILES string of the molecule is Cc1ccc(C(=O)NC(=Cc2ccc3c(c2)OCO3)C(=O)[O-])cc1. The molecule has 0 bridgehead atoms. The van der Waals surface area contributed by atoms with Crippen molar-refractivity contribution in [3.8, 4) is 11.5 Å². The van der Waals surface area contributed by atoms with E-state index in [1.807, 2.05) is 6.92 Å². The summed E-state index contributed by atoms with van der Waals surface area (Å²) in [4.78, 5) is 23.5. The van der Waals surface area contributed by atoms with Crippen LogP contribution < -0.4 is 19.9 Å². The van der Waals surface area contributed by atoms with Crippen molar-refractivity contribution >= 4 is 18.0 Å². The van der Waals surface area contributed by atoms with Crippen LogP contribution in [0.3, 0.4) is 0 Å². The summed E-state index contributed by atoms with van der Waals surface area (Å²) in [7, 11) is 0. The smallest absolute Gasteiger partial charge is 0.255 e. The number of hydrogen-bond acceptors (Lipinski definition) is 5. The molecule has 1 N–H and O–H groups in total. The van der Waals surface area contributed by atoms with Crippen LogP contribution >= 0.6 is 0 Å². The second kappa shape index (κ2) is 6.45. The summed E-state index contributed by atoms with van der Waals surface area (Å²) in [5, 5.41) is 13.7. The number of nitrogens with one attached hydrogen (secondary N) is 1. The average molecular weight is 324 g/mol. The molecule has 0 spiro atoms. The van der Waals surface area contributed by atoms with Crippen LogP contribution in [-0.4, -0.2) is 18.7 Å². The fourth-order valence-corrected chi connectivity index (χ4v) is 2.22. The molecule has 6 nitrogen and oxygen atoms in total. The molecule has 6 heteroatoms. The van der Waals surface area contributed by atoms with E-state index < -0.39 is 11.9 Å². The highest BCUT2D eigenvalue weighted by Crippen LogP contribution is 2.32. The van der Waals surface area contributed by atoms with Crippen molar-refractivity contribution < 1.29 is 24.2 Å². The quantitative estimate of drug-likeness (QED) is 0.855. The van der Waals surface area contributed by atoms with Gasteiger partial charge in [0.1, 0.15) is 0 Å². The predicted octanol–water partition coefficient (Wildman–Crippen LogP) is 1.24. The molecule has 0 aromatic heterocycles. The zero-order valence-electron chi connectivity index (χ0n) is 12.9. The molecular weight excluding hydrogens is 310 g/mol. The first-order valence-electron chi connectivity index (χ1n) is 7.23. The summed E-state index contributed by atoms with van der Waals surface area (Å²) in [6.45, 7) is 2.02. The van der Waals surface area contributed by atoms with Crippen molar-refractivity contribution in [1.82, 2.24) is 5.32 Å². The molecule has 0 saturated heterocycles. The van der Waals surface area contributed by atoms with Crippen molar-refractivity contribution in [2.75, 3.05) is 6.79 Å². The van der Waals surface area contributed by atoms with Crippen LogP contribution in [0, 0.1) is 6.92 Å². The van der Waals surface area contributed by atoms with E-state index in [0.717, 1.165) is 5.56 Å². The van der Waals surface area contributed by atoms with Crippen LogP contribution in [0.15, 0.2) is 48.2 Å². The minimum absolute atomic E-state index is 0.125. The summed E-state index contributed by atoms with van der Waals surface area (Å²) in [5.41, 5.74) is 1.57. The first kappa shape index (κ1) is 15.6. The highest BCUT2D eigenvalue weighted by atomic mass is 16.7. The van der Waals surface area contributed by atoms with E-state index in [4.69, 9.17) is 9.47 Å². The predicted molar refractivity (Wildman–Crippen MR) is 84.2 cm³/mol. The fourth-order valence-electron chi connectivity index (χ4n) is 2.22. The number of carboxylic acid groups (broad SMARTS) is 1. The summed E-state index contributed by atoms with van der Waals surface area (Å²) in [5.74, 6) is -0.892. The molecule has 122 valence electrons. The van der Waals surface area contributed by atoms with E-state index in [9.17, 15) is 14.7 Å². The van der Waals surface area contributed by atoms with Gasteiger partial charge in [0, 0.05) is 5.56 Å². The highest BCUT2D eigenvalue weighted by Gasteiger charge is 2.14. The maximum Gasteiger partial charge on any atom is 0.255 e. The number of hydrogen-bond donors (Lipinski definition) is 1. The summed E-state index contributed by atoms with van der Waals surface area (Å²) < 4.78 is 10.4. The minimum atomic E-state index is -1.48. The van der Waals surface area contributed by atoms with Gasteiger partial charge in [-0.05, 0) is 42.8 Å². The van der Waals surface area contributed by atoms with E-state index in [2.05, 4.69) is 5.32 Å². The Balaban J connectivity index is 1.83. The van der Waals surface area contributed by atoms with Gasteiger partial charge in [0.2, 0.25) is 6.79 Å². The highest BCUT2D eigenvalue weighted by molar-refractivity contribution is 6.02. The van der Waals surface area contributed by atoms with Crippen molar-refractivity contribution in [2.45, 2.75) is 6.92 Å². The van der Waals surface area contributed by atoms with Gasteiger partial charge < -0.3 is 24.7 Å². The Hall–Kier alpha value is -3.28. The van der Waals surface area contributed by atoms with E-state index in [-0.39, 0.29) is 12.5 Å². The van der Waals surface area contributed by atoms with Crippen LogP contribution in [0.1, 0.15) is 21.5 Å². The Morgan fingerprint density at radius 3 is 2.50 bits per heavy atom. The lowest BCUT2D eigenvalue weighted by Crippen LogP contribution is -2.35. The van der Waals surface area contributed by atoms with E-state index in [0.29, 0.717) is 22.6 Å². The van der Waals surface area contributed by atoms with Crippen molar-refractivity contribution in [2.24, 2.45) is 0 Å². The molecular formula is C18H14NO5-. The van der Waals surface area contributed by atoms with Gasteiger partial charge >= 0.3 is 0 Å². The number of carbonyl (C=O) groups excluding carboxylic acids is 2. The number of rotatable bonds is 4. The Morgan fingerprint density at radius 2 is 1.79 bits per heavy atom. The number of benzene rings is 2. The Labute approximate surface area is 138 Å². The second-order valence-corrected chi connectivity index (χ2v) is 5.28. The van der Waals surface area contributed by atoms with Crippen molar-refractivity contribution in [3.63, 3.8) is 0 Å². The van der Waals surface area contributed by atoms with Gasteiger partial charge in [0.15, 0.2) is 11.5 Å². The second-order valence-electron chi connectivity index (χ2n) is 5.28. The number of aliphatic carboxylic acids is 1. The Kier molecular flexibility index (Phi) is 4.20. The molecule has 0 fully saturated rings. The molecule has 1 aliphatic rings. The molecule has 0 radical (unpaired) electrons. The lowest BCUT2D eigenvalue weighted by Gasteiger charge is -2.11. The summed E-state index contributed by atoms with van der Waals surface area (Å²) in [6.07, 6.45) is 1.31. The lowest BCUT2D eigenvalue weighted by molar-refractivity contribution is -0.299. The zero-order chi connectivity index (χ0) is 17.1. The lowest BCUT2D eigenvalue weighted by atomic mass is 10.1. The first-order valence-corrected chi connectivity index (χ1v) is 7.23. The van der Waals surface area contributed by atoms with Gasteiger partial charge in [-0.15, -0.1) is 0 Å². The molecule has 3 rings (SSSR count). The summed E-state index contributed by atoms with van der Waals surface area (Å²) >= 11 is 0. The van der Waals surface area contributed by atoms with Gasteiger partial charge in [0.05, 0.1) is 11.7 Å². The van der Waals surface area contributed by atoms with Gasteiger partial charge in [-0.3, -0.25) is 4.79 Å². The maximum atomic E-state index is 12.2. The monoisotopic (exact) mass is 324 g/mol. The zero-order valence-corrected chi connectivity index (χ0v) is 12.9. The van der Waals surface area contributed by atoms with Gasteiger partial charge in [-0.1, -0.05) is 23.8 Å². The van der Waals surface area contributed by atoms with Crippen LogP contribution in [-0.2, 0) is 4.79 Å². The van der Waals surface area contributed by atoms with Crippen LogP contribution in [0.5, 0.6) is 11.5 Å². The molecule has 0 saturated carbocycles. The molecule has 24 heavy (non-hydrogen) atoms. The molecule has 2 aromatic carbocycles. The molecule has 2 aromatic rings. The minimum Gasteiger partial charge on any atom is -0.543 e. The third kappa shape index (κ3) is 3.38. The van der Waals surface area contributed by atoms with E-state index in [1.54, 1.807) is 42.5 Å². The van der Waals surface area contributed by atoms with E-state index >= 15 is 0 Å². The number of carboxylic acids is 1. The molecule has 0 atom stereocenters. The maximum absolute atomic E-state index is 12.2. The molecule has 1 amide bonds.